The summed E-state index contributed by atoms with van der Waals surface area (Å²) in [5.74, 6) is 0.00984. The van der Waals surface area contributed by atoms with Crippen LogP contribution in [0.1, 0.15) is 11.1 Å². The fourth-order valence-corrected chi connectivity index (χ4v) is 1.87. The van der Waals surface area contributed by atoms with Crippen LogP contribution in [0.25, 0.3) is 0 Å². The first-order chi connectivity index (χ1) is 9.19. The lowest BCUT2D eigenvalue weighted by atomic mass is 10.1. The highest BCUT2D eigenvalue weighted by Gasteiger charge is 2.06. The Bertz CT molecular complexity index is 562. The van der Waals surface area contributed by atoms with Crippen molar-refractivity contribution >= 4 is 11.6 Å². The van der Waals surface area contributed by atoms with Crippen molar-refractivity contribution in [3.05, 3.63) is 47.8 Å². The lowest BCUT2D eigenvalue weighted by Gasteiger charge is -2.10. The number of carbonyl (C=O) groups is 1. The normalized spacial score (nSPS) is 10.2. The van der Waals surface area contributed by atoms with E-state index in [2.05, 4.69) is 15.7 Å². The zero-order valence-corrected chi connectivity index (χ0v) is 11.2. The molecule has 19 heavy (non-hydrogen) atoms. The summed E-state index contributed by atoms with van der Waals surface area (Å²) >= 11 is 0. The maximum atomic E-state index is 11.5. The first kappa shape index (κ1) is 13.1. The molecule has 1 amide bonds. The van der Waals surface area contributed by atoms with Gasteiger partial charge in [-0.3, -0.25) is 9.48 Å². The van der Waals surface area contributed by atoms with Gasteiger partial charge in [0.25, 0.3) is 0 Å². The van der Waals surface area contributed by atoms with Gasteiger partial charge in [0, 0.05) is 38.1 Å². The van der Waals surface area contributed by atoms with Gasteiger partial charge in [0.2, 0.25) is 5.91 Å². The maximum absolute atomic E-state index is 11.5. The van der Waals surface area contributed by atoms with Crippen LogP contribution in [0.15, 0.2) is 36.7 Å². The molecule has 5 nitrogen and oxygen atoms in total. The van der Waals surface area contributed by atoms with Gasteiger partial charge in [-0.2, -0.15) is 5.10 Å². The molecule has 0 saturated carbocycles. The highest BCUT2D eigenvalue weighted by Crippen LogP contribution is 2.16. The van der Waals surface area contributed by atoms with Crippen molar-refractivity contribution in [2.75, 3.05) is 12.4 Å². The van der Waals surface area contributed by atoms with Gasteiger partial charge in [0.15, 0.2) is 0 Å². The van der Waals surface area contributed by atoms with Gasteiger partial charge in [-0.15, -0.1) is 0 Å². The van der Waals surface area contributed by atoms with E-state index in [4.69, 9.17) is 0 Å². The van der Waals surface area contributed by atoms with Crippen molar-refractivity contribution in [1.29, 1.82) is 0 Å². The second-order valence-electron chi connectivity index (χ2n) is 4.38. The molecule has 1 aromatic heterocycles. The summed E-state index contributed by atoms with van der Waals surface area (Å²) in [5, 5.41) is 10.1. The molecule has 2 N–H and O–H groups in total. The minimum Gasteiger partial charge on any atom is -0.381 e. The molecular weight excluding hydrogens is 240 g/mol. The number of para-hydroxylation sites is 1. The standard InChI is InChI=1S/C14H18N4O/c1-15-14(19)7-12-5-3-4-6-13(12)16-8-11-9-17-18(2)10-11/h3-6,9-10,16H,7-8H2,1-2H3,(H,15,19). The number of aryl methyl sites for hydroxylation is 1. The van der Waals surface area contributed by atoms with Gasteiger partial charge in [0.05, 0.1) is 12.6 Å². The van der Waals surface area contributed by atoms with Crippen LogP contribution in [0.4, 0.5) is 5.69 Å². The Kier molecular flexibility index (Phi) is 4.18. The van der Waals surface area contributed by atoms with Crippen LogP contribution >= 0.6 is 0 Å². The molecule has 1 heterocycles. The van der Waals surface area contributed by atoms with Crippen molar-refractivity contribution in [3.8, 4) is 0 Å². The summed E-state index contributed by atoms with van der Waals surface area (Å²) in [6.07, 6.45) is 4.18. The van der Waals surface area contributed by atoms with Crippen LogP contribution in [-0.2, 0) is 24.8 Å². The fraction of sp³-hybridized carbons (Fsp3) is 0.286. The number of likely N-dealkylation sites (N-methyl/N-ethyl adjacent to an activating group) is 1. The highest BCUT2D eigenvalue weighted by molar-refractivity contribution is 5.80. The Morgan fingerprint density at radius 1 is 1.37 bits per heavy atom. The average Bonchev–Trinajstić information content (AvgIpc) is 2.83. The lowest BCUT2D eigenvalue weighted by Crippen LogP contribution is -2.20. The zero-order valence-electron chi connectivity index (χ0n) is 11.2. The predicted octanol–water partition coefficient (Wildman–Crippen LogP) is 1.32. The largest absolute Gasteiger partial charge is 0.381 e. The molecule has 0 saturated heterocycles. The molecule has 0 radical (unpaired) electrons. The van der Waals surface area contributed by atoms with Crippen molar-refractivity contribution in [2.45, 2.75) is 13.0 Å². The smallest absolute Gasteiger partial charge is 0.224 e. The number of benzene rings is 1. The maximum Gasteiger partial charge on any atom is 0.224 e. The van der Waals surface area contributed by atoms with Gasteiger partial charge in [0.1, 0.15) is 0 Å². The number of nitrogens with zero attached hydrogens (tertiary/aromatic N) is 2. The van der Waals surface area contributed by atoms with E-state index in [1.807, 2.05) is 43.7 Å². The number of nitrogens with one attached hydrogen (secondary N) is 2. The van der Waals surface area contributed by atoms with Crippen LogP contribution in [0.5, 0.6) is 0 Å². The quantitative estimate of drug-likeness (QED) is 0.850. The topological polar surface area (TPSA) is 59.0 Å². The van der Waals surface area contributed by atoms with Crippen LogP contribution < -0.4 is 10.6 Å². The molecule has 0 unspecified atom stereocenters. The van der Waals surface area contributed by atoms with Gasteiger partial charge in [-0.05, 0) is 11.6 Å². The number of hydrogen-bond acceptors (Lipinski definition) is 3. The SMILES string of the molecule is CNC(=O)Cc1ccccc1NCc1cnn(C)c1. The van der Waals surface area contributed by atoms with Gasteiger partial charge < -0.3 is 10.6 Å². The monoisotopic (exact) mass is 258 g/mol. The molecule has 2 aromatic rings. The summed E-state index contributed by atoms with van der Waals surface area (Å²) in [7, 11) is 3.54. The van der Waals surface area contributed by atoms with E-state index in [9.17, 15) is 4.79 Å². The van der Waals surface area contributed by atoms with E-state index in [0.29, 0.717) is 13.0 Å². The Morgan fingerprint density at radius 2 is 2.16 bits per heavy atom. The van der Waals surface area contributed by atoms with Crippen LogP contribution in [0, 0.1) is 0 Å². The zero-order chi connectivity index (χ0) is 13.7. The van der Waals surface area contributed by atoms with Crippen molar-refractivity contribution < 1.29 is 4.79 Å². The third-order valence-electron chi connectivity index (χ3n) is 2.89. The molecule has 0 spiro atoms. The number of anilines is 1. The molecule has 0 aliphatic rings. The molecule has 5 heteroatoms. The Hall–Kier alpha value is -2.30. The Morgan fingerprint density at radius 3 is 2.84 bits per heavy atom. The first-order valence-electron chi connectivity index (χ1n) is 6.19. The number of amides is 1. The van der Waals surface area contributed by atoms with Crippen molar-refractivity contribution in [3.63, 3.8) is 0 Å². The van der Waals surface area contributed by atoms with Gasteiger partial charge >= 0.3 is 0 Å². The summed E-state index contributed by atoms with van der Waals surface area (Å²) in [5.41, 5.74) is 3.08. The number of hydrogen-bond donors (Lipinski definition) is 2. The summed E-state index contributed by atoms with van der Waals surface area (Å²) in [4.78, 5) is 11.5. The number of carbonyl (C=O) groups excluding carboxylic acids is 1. The molecule has 0 atom stereocenters. The summed E-state index contributed by atoms with van der Waals surface area (Å²) < 4.78 is 1.77. The predicted molar refractivity (Wildman–Crippen MR) is 74.7 cm³/mol. The van der Waals surface area contributed by atoms with E-state index >= 15 is 0 Å². The molecule has 0 bridgehead atoms. The molecular formula is C14H18N4O. The molecule has 0 aliphatic carbocycles. The number of rotatable bonds is 5. The van der Waals surface area contributed by atoms with Crippen molar-refractivity contribution in [2.24, 2.45) is 7.05 Å². The van der Waals surface area contributed by atoms with Crippen LogP contribution in [0.3, 0.4) is 0 Å². The lowest BCUT2D eigenvalue weighted by molar-refractivity contribution is -0.119. The van der Waals surface area contributed by atoms with Gasteiger partial charge in [-0.25, -0.2) is 0 Å². The third-order valence-corrected chi connectivity index (χ3v) is 2.89. The van der Waals surface area contributed by atoms with Crippen LogP contribution in [0.2, 0.25) is 0 Å². The number of aromatic nitrogens is 2. The fourth-order valence-electron chi connectivity index (χ4n) is 1.87. The van der Waals surface area contributed by atoms with Crippen LogP contribution in [-0.4, -0.2) is 22.7 Å². The molecule has 1 aromatic carbocycles. The van der Waals surface area contributed by atoms with E-state index in [-0.39, 0.29) is 5.91 Å². The molecule has 100 valence electrons. The average molecular weight is 258 g/mol. The molecule has 0 aliphatic heterocycles. The second-order valence-corrected chi connectivity index (χ2v) is 4.38. The second kappa shape index (κ2) is 6.04. The Balaban J connectivity index is 2.05. The van der Waals surface area contributed by atoms with E-state index in [1.54, 1.807) is 11.7 Å². The highest BCUT2D eigenvalue weighted by atomic mass is 16.1. The summed E-state index contributed by atoms with van der Waals surface area (Å²) in [6, 6.07) is 7.84. The van der Waals surface area contributed by atoms with Crippen molar-refractivity contribution in [1.82, 2.24) is 15.1 Å². The van der Waals surface area contributed by atoms with Gasteiger partial charge in [-0.1, -0.05) is 18.2 Å². The minimum absolute atomic E-state index is 0.00984. The Labute approximate surface area is 112 Å². The van der Waals surface area contributed by atoms with E-state index in [0.717, 1.165) is 16.8 Å². The third kappa shape index (κ3) is 3.58. The molecule has 2 rings (SSSR count). The van der Waals surface area contributed by atoms with E-state index < -0.39 is 0 Å². The first-order valence-corrected chi connectivity index (χ1v) is 6.19. The minimum atomic E-state index is 0.00984. The molecule has 0 fully saturated rings. The summed E-state index contributed by atoms with van der Waals surface area (Å²) in [6.45, 7) is 0.693. The van der Waals surface area contributed by atoms with E-state index in [1.165, 1.54) is 0 Å².